The third kappa shape index (κ3) is 3.29. The van der Waals surface area contributed by atoms with Crippen LogP contribution < -0.4 is 4.90 Å². The zero-order valence-electron chi connectivity index (χ0n) is 12.4. The van der Waals surface area contributed by atoms with E-state index in [0.717, 1.165) is 0 Å². The van der Waals surface area contributed by atoms with Gasteiger partial charge in [0, 0.05) is 11.6 Å². The fourth-order valence-electron chi connectivity index (χ4n) is 2.00. The van der Waals surface area contributed by atoms with E-state index in [1.165, 1.54) is 4.90 Å². The normalized spacial score (nSPS) is 11.3. The highest BCUT2D eigenvalue weighted by Gasteiger charge is 2.26. The molecule has 0 unspecified atom stereocenters. The van der Waals surface area contributed by atoms with Crippen LogP contribution in [0.25, 0.3) is 10.9 Å². The number of anilines is 1. The van der Waals surface area contributed by atoms with Crippen LogP contribution >= 0.6 is 23.2 Å². The maximum atomic E-state index is 12.4. The number of nitriles is 1. The minimum Gasteiger partial charge on any atom is -0.443 e. The highest BCUT2D eigenvalue weighted by Crippen LogP contribution is 2.37. The molecule has 0 atom stereocenters. The predicted octanol–water partition coefficient (Wildman–Crippen LogP) is 4.74. The number of carbonyl (C=O) groups excluding carboxylic acids is 1. The zero-order chi connectivity index (χ0) is 16.5. The van der Waals surface area contributed by atoms with Gasteiger partial charge in [0.15, 0.2) is 0 Å². The smallest absolute Gasteiger partial charge is 0.415 e. The number of hydrogen-bond donors (Lipinski definition) is 1. The average Bonchev–Trinajstić information content (AvgIpc) is 2.88. The van der Waals surface area contributed by atoms with Gasteiger partial charge in [-0.25, -0.2) is 4.79 Å². The van der Waals surface area contributed by atoms with Crippen LogP contribution in [0, 0.1) is 11.3 Å². The van der Waals surface area contributed by atoms with E-state index in [1.54, 1.807) is 39.1 Å². The molecule has 0 radical (unpaired) electrons. The van der Waals surface area contributed by atoms with E-state index in [0.29, 0.717) is 21.6 Å². The van der Waals surface area contributed by atoms with E-state index < -0.39 is 11.7 Å². The van der Waals surface area contributed by atoms with Crippen molar-refractivity contribution in [1.29, 1.82) is 5.26 Å². The number of H-pyrrole nitrogens is 1. The quantitative estimate of drug-likeness (QED) is 0.803. The third-order valence-corrected chi connectivity index (χ3v) is 3.64. The standard InChI is InChI=1S/C15H15Cl2N3O2/c1-15(2,3)22-14(21)20(7-5-18)11-8-10(16)12(17)13-9(11)4-6-19-13/h4,6,8,19H,7H2,1-3H3. The maximum absolute atomic E-state index is 12.4. The number of ether oxygens (including phenoxy) is 1. The summed E-state index contributed by atoms with van der Waals surface area (Å²) in [5, 5.41) is 10.4. The van der Waals surface area contributed by atoms with E-state index >= 15 is 0 Å². The number of benzene rings is 1. The van der Waals surface area contributed by atoms with Crippen molar-refractivity contribution in [3.63, 3.8) is 0 Å². The molecule has 116 valence electrons. The first-order valence-electron chi connectivity index (χ1n) is 6.57. The van der Waals surface area contributed by atoms with Gasteiger partial charge < -0.3 is 9.72 Å². The number of amides is 1. The summed E-state index contributed by atoms with van der Waals surface area (Å²) < 4.78 is 5.35. The van der Waals surface area contributed by atoms with Crippen LogP contribution in [0.1, 0.15) is 20.8 Å². The van der Waals surface area contributed by atoms with Gasteiger partial charge in [-0.3, -0.25) is 4.90 Å². The first-order chi connectivity index (χ1) is 10.2. The molecule has 0 saturated carbocycles. The molecule has 1 amide bonds. The summed E-state index contributed by atoms with van der Waals surface area (Å²) in [6, 6.07) is 5.29. The van der Waals surface area contributed by atoms with E-state index in [-0.39, 0.29) is 11.6 Å². The number of aromatic nitrogens is 1. The summed E-state index contributed by atoms with van der Waals surface area (Å²) in [6.07, 6.45) is 1.07. The number of halogens is 2. The molecular formula is C15H15Cl2N3O2. The Kier molecular flexibility index (Phi) is 4.55. The average molecular weight is 340 g/mol. The number of nitrogens with one attached hydrogen (secondary N) is 1. The molecular weight excluding hydrogens is 325 g/mol. The van der Waals surface area contributed by atoms with Crippen LogP contribution in [0.15, 0.2) is 18.3 Å². The van der Waals surface area contributed by atoms with Crippen LogP contribution in [0.2, 0.25) is 10.0 Å². The summed E-state index contributed by atoms with van der Waals surface area (Å²) in [6.45, 7) is 5.12. The lowest BCUT2D eigenvalue weighted by Gasteiger charge is -2.26. The van der Waals surface area contributed by atoms with Crippen molar-refractivity contribution >= 4 is 45.9 Å². The minimum atomic E-state index is -0.668. The van der Waals surface area contributed by atoms with Gasteiger partial charge in [0.25, 0.3) is 0 Å². The molecule has 0 aliphatic rings. The molecule has 0 fully saturated rings. The number of rotatable bonds is 2. The number of hydrogen-bond acceptors (Lipinski definition) is 3. The van der Waals surface area contributed by atoms with Gasteiger partial charge >= 0.3 is 6.09 Å². The Morgan fingerprint density at radius 1 is 1.45 bits per heavy atom. The van der Waals surface area contributed by atoms with Crippen molar-refractivity contribution in [2.24, 2.45) is 0 Å². The van der Waals surface area contributed by atoms with Crippen LogP contribution in [-0.4, -0.2) is 23.2 Å². The molecule has 7 heteroatoms. The molecule has 0 aliphatic heterocycles. The monoisotopic (exact) mass is 339 g/mol. The lowest BCUT2D eigenvalue weighted by Crippen LogP contribution is -2.37. The molecule has 1 N–H and O–H groups in total. The minimum absolute atomic E-state index is 0.160. The molecule has 1 aromatic carbocycles. The van der Waals surface area contributed by atoms with Gasteiger partial charge in [0.05, 0.1) is 27.3 Å². The second-order valence-electron chi connectivity index (χ2n) is 5.68. The summed E-state index contributed by atoms with van der Waals surface area (Å²) in [7, 11) is 0. The second kappa shape index (κ2) is 6.07. The molecule has 5 nitrogen and oxygen atoms in total. The van der Waals surface area contributed by atoms with Crippen molar-refractivity contribution < 1.29 is 9.53 Å². The first-order valence-corrected chi connectivity index (χ1v) is 7.32. The Labute approximate surface area is 138 Å². The van der Waals surface area contributed by atoms with Crippen LogP contribution in [0.3, 0.4) is 0 Å². The summed E-state index contributed by atoms with van der Waals surface area (Å²) >= 11 is 12.3. The highest BCUT2D eigenvalue weighted by molar-refractivity contribution is 6.45. The lowest BCUT2D eigenvalue weighted by atomic mass is 10.2. The number of carbonyl (C=O) groups is 1. The molecule has 1 aromatic heterocycles. The Balaban J connectivity index is 2.54. The zero-order valence-corrected chi connectivity index (χ0v) is 13.9. The lowest BCUT2D eigenvalue weighted by molar-refractivity contribution is 0.0585. The molecule has 0 spiro atoms. The molecule has 0 saturated heterocycles. The van der Waals surface area contributed by atoms with Crippen LogP contribution in [-0.2, 0) is 4.74 Å². The first kappa shape index (κ1) is 16.5. The topological polar surface area (TPSA) is 69.1 Å². The van der Waals surface area contributed by atoms with Crippen molar-refractivity contribution in [2.75, 3.05) is 11.4 Å². The van der Waals surface area contributed by atoms with Gasteiger partial charge in [-0.15, -0.1) is 0 Å². The van der Waals surface area contributed by atoms with Gasteiger partial charge in [-0.2, -0.15) is 5.26 Å². The van der Waals surface area contributed by atoms with E-state index in [9.17, 15) is 4.79 Å². The fourth-order valence-corrected chi connectivity index (χ4v) is 2.41. The summed E-state index contributed by atoms with van der Waals surface area (Å²) in [5.74, 6) is 0. The predicted molar refractivity (Wildman–Crippen MR) is 87.5 cm³/mol. The second-order valence-corrected chi connectivity index (χ2v) is 6.47. The van der Waals surface area contributed by atoms with E-state index in [4.69, 9.17) is 33.2 Å². The molecule has 2 rings (SSSR count). The van der Waals surface area contributed by atoms with Crippen molar-refractivity contribution in [1.82, 2.24) is 4.98 Å². The fraction of sp³-hybridized carbons (Fsp3) is 0.333. The molecule has 2 aromatic rings. The molecule has 0 aliphatic carbocycles. The molecule has 0 bridgehead atoms. The largest absolute Gasteiger partial charge is 0.443 e. The number of aromatic amines is 1. The highest BCUT2D eigenvalue weighted by atomic mass is 35.5. The number of fused-ring (bicyclic) bond motifs is 1. The van der Waals surface area contributed by atoms with Crippen LogP contribution in [0.4, 0.5) is 10.5 Å². The Bertz CT molecular complexity index is 756. The van der Waals surface area contributed by atoms with Crippen molar-refractivity contribution in [3.05, 3.63) is 28.4 Å². The van der Waals surface area contributed by atoms with Crippen molar-refractivity contribution in [2.45, 2.75) is 26.4 Å². The Hall–Kier alpha value is -1.90. The van der Waals surface area contributed by atoms with Gasteiger partial charge in [-0.05, 0) is 32.9 Å². The van der Waals surface area contributed by atoms with Gasteiger partial charge in [0.1, 0.15) is 12.1 Å². The Morgan fingerprint density at radius 3 is 2.73 bits per heavy atom. The third-order valence-electron chi connectivity index (χ3n) is 2.85. The summed E-state index contributed by atoms with van der Waals surface area (Å²) in [4.78, 5) is 16.6. The Morgan fingerprint density at radius 2 is 2.14 bits per heavy atom. The van der Waals surface area contributed by atoms with E-state index in [2.05, 4.69) is 4.98 Å². The maximum Gasteiger partial charge on any atom is 0.415 e. The SMILES string of the molecule is CC(C)(C)OC(=O)N(CC#N)c1cc(Cl)c(Cl)c2[nH]ccc12. The van der Waals surface area contributed by atoms with Gasteiger partial charge in [0.2, 0.25) is 0 Å². The van der Waals surface area contributed by atoms with Crippen LogP contribution in [0.5, 0.6) is 0 Å². The summed E-state index contributed by atoms with van der Waals surface area (Å²) in [5.41, 5.74) is 0.412. The molecule has 1 heterocycles. The molecule has 22 heavy (non-hydrogen) atoms. The van der Waals surface area contributed by atoms with Crippen molar-refractivity contribution in [3.8, 4) is 6.07 Å². The van der Waals surface area contributed by atoms with Gasteiger partial charge in [-0.1, -0.05) is 23.2 Å². The number of nitrogens with zero attached hydrogens (tertiary/aromatic N) is 2. The van der Waals surface area contributed by atoms with E-state index in [1.807, 2.05) is 6.07 Å².